The van der Waals surface area contributed by atoms with E-state index < -0.39 is 6.10 Å². The minimum Gasteiger partial charge on any atom is -0.392 e. The first-order valence-electron chi connectivity index (χ1n) is 8.50. The van der Waals surface area contributed by atoms with E-state index in [2.05, 4.69) is 36.2 Å². The van der Waals surface area contributed by atoms with Gasteiger partial charge < -0.3 is 14.9 Å². The lowest BCUT2D eigenvalue weighted by Gasteiger charge is -2.16. The highest BCUT2D eigenvalue weighted by Crippen LogP contribution is 2.40. The molecule has 1 aliphatic carbocycles. The van der Waals surface area contributed by atoms with Crippen LogP contribution in [0.1, 0.15) is 68.2 Å². The molecule has 1 fully saturated rings. The third-order valence-electron chi connectivity index (χ3n) is 4.03. The van der Waals surface area contributed by atoms with Crippen LogP contribution in [-0.2, 0) is 6.42 Å². The summed E-state index contributed by atoms with van der Waals surface area (Å²) >= 11 is 0. The number of hydrogen-bond acceptors (Lipinski definition) is 5. The number of nitrogens with one attached hydrogen (secondary N) is 1. The molecule has 6 heteroatoms. The summed E-state index contributed by atoms with van der Waals surface area (Å²) in [6, 6.07) is 1.86. The largest absolute Gasteiger partial charge is 0.392 e. The highest BCUT2D eigenvalue weighted by molar-refractivity contribution is 6.06. The average Bonchev–Trinajstić information content (AvgIpc) is 3.26. The van der Waals surface area contributed by atoms with E-state index in [9.17, 15) is 9.90 Å². The van der Waals surface area contributed by atoms with E-state index in [-0.39, 0.29) is 17.9 Å². The van der Waals surface area contributed by atoms with Gasteiger partial charge in [0.25, 0.3) is 11.6 Å². The Balaban J connectivity index is 2.04. The lowest BCUT2D eigenvalue weighted by atomic mass is 9.89. The number of rotatable bonds is 5. The Morgan fingerprint density at radius 2 is 2.17 bits per heavy atom. The van der Waals surface area contributed by atoms with E-state index in [0.717, 1.165) is 24.2 Å². The Labute approximate surface area is 141 Å². The second-order valence-corrected chi connectivity index (χ2v) is 7.97. The minimum absolute atomic E-state index is 0.0202. The summed E-state index contributed by atoms with van der Waals surface area (Å²) in [4.78, 5) is 17.2. The number of aliphatic hydroxyl groups is 1. The molecule has 0 spiro atoms. The Hall–Kier alpha value is -1.95. The van der Waals surface area contributed by atoms with Crippen LogP contribution < -0.4 is 5.32 Å². The molecule has 0 aliphatic heterocycles. The number of aliphatic hydroxyl groups excluding tert-OH is 1. The SMILES string of the molecule is CC(O)CNC(=O)c1cc(C2CC2)nc2onc(CC(C)(C)C)c12. The van der Waals surface area contributed by atoms with Gasteiger partial charge in [-0.2, -0.15) is 0 Å². The van der Waals surface area contributed by atoms with Crippen molar-refractivity contribution in [2.75, 3.05) is 6.54 Å². The lowest BCUT2D eigenvalue weighted by Crippen LogP contribution is -2.31. The predicted octanol–water partition coefficient (Wildman–Crippen LogP) is 2.80. The molecule has 1 aliphatic rings. The summed E-state index contributed by atoms with van der Waals surface area (Å²) in [5.41, 5.74) is 2.65. The first-order valence-corrected chi connectivity index (χ1v) is 8.50. The van der Waals surface area contributed by atoms with Crippen molar-refractivity contribution in [2.45, 2.75) is 59.0 Å². The van der Waals surface area contributed by atoms with Crippen LogP contribution in [0.2, 0.25) is 0 Å². The van der Waals surface area contributed by atoms with Crippen molar-refractivity contribution in [3.63, 3.8) is 0 Å². The highest BCUT2D eigenvalue weighted by Gasteiger charge is 2.29. The van der Waals surface area contributed by atoms with Crippen molar-refractivity contribution >= 4 is 17.0 Å². The van der Waals surface area contributed by atoms with Gasteiger partial charge in [-0.15, -0.1) is 0 Å². The van der Waals surface area contributed by atoms with E-state index >= 15 is 0 Å². The molecule has 130 valence electrons. The van der Waals surface area contributed by atoms with Gasteiger partial charge in [0.1, 0.15) is 0 Å². The van der Waals surface area contributed by atoms with E-state index in [1.165, 1.54) is 0 Å². The Bertz CT molecular complexity index is 755. The van der Waals surface area contributed by atoms with Crippen LogP contribution >= 0.6 is 0 Å². The zero-order valence-electron chi connectivity index (χ0n) is 14.7. The third-order valence-corrected chi connectivity index (χ3v) is 4.03. The molecule has 2 aromatic heterocycles. The fourth-order valence-electron chi connectivity index (χ4n) is 2.76. The van der Waals surface area contributed by atoms with E-state index in [1.807, 2.05) is 6.07 Å². The number of carbonyl (C=O) groups excluding carboxylic acids is 1. The molecule has 3 rings (SSSR count). The van der Waals surface area contributed by atoms with Gasteiger partial charge in [-0.05, 0) is 37.7 Å². The van der Waals surface area contributed by atoms with Gasteiger partial charge in [0.05, 0.1) is 22.7 Å². The van der Waals surface area contributed by atoms with Crippen LogP contribution in [0.25, 0.3) is 11.1 Å². The van der Waals surface area contributed by atoms with E-state index in [0.29, 0.717) is 29.0 Å². The molecule has 2 aromatic rings. The molecule has 24 heavy (non-hydrogen) atoms. The van der Waals surface area contributed by atoms with Crippen molar-refractivity contribution in [3.05, 3.63) is 23.0 Å². The zero-order chi connectivity index (χ0) is 17.5. The fraction of sp³-hybridized carbons (Fsp3) is 0.611. The zero-order valence-corrected chi connectivity index (χ0v) is 14.7. The number of amides is 1. The van der Waals surface area contributed by atoms with Crippen molar-refractivity contribution in [2.24, 2.45) is 5.41 Å². The summed E-state index contributed by atoms with van der Waals surface area (Å²) in [6.07, 6.45) is 2.29. The van der Waals surface area contributed by atoms with Crippen LogP contribution in [0.3, 0.4) is 0 Å². The normalized spacial score (nSPS) is 16.4. The minimum atomic E-state index is -0.592. The quantitative estimate of drug-likeness (QED) is 0.879. The topological polar surface area (TPSA) is 88.2 Å². The molecule has 0 radical (unpaired) electrons. The van der Waals surface area contributed by atoms with Gasteiger partial charge in [-0.3, -0.25) is 4.79 Å². The van der Waals surface area contributed by atoms with Crippen molar-refractivity contribution in [3.8, 4) is 0 Å². The summed E-state index contributed by atoms with van der Waals surface area (Å²) in [5, 5.41) is 17.1. The number of aromatic nitrogens is 2. The fourth-order valence-corrected chi connectivity index (χ4v) is 2.76. The molecule has 0 bridgehead atoms. The summed E-state index contributed by atoms with van der Waals surface area (Å²) in [6.45, 7) is 8.20. The third kappa shape index (κ3) is 3.75. The van der Waals surface area contributed by atoms with E-state index in [4.69, 9.17) is 4.52 Å². The van der Waals surface area contributed by atoms with Gasteiger partial charge in [-0.25, -0.2) is 4.98 Å². The molecule has 1 atom stereocenters. The van der Waals surface area contributed by atoms with Gasteiger partial charge in [-0.1, -0.05) is 25.9 Å². The van der Waals surface area contributed by atoms with Crippen LogP contribution in [-0.4, -0.2) is 33.8 Å². The van der Waals surface area contributed by atoms with Crippen LogP contribution in [0.15, 0.2) is 10.6 Å². The Morgan fingerprint density at radius 1 is 1.46 bits per heavy atom. The first-order chi connectivity index (χ1) is 11.2. The Morgan fingerprint density at radius 3 is 2.75 bits per heavy atom. The molecule has 2 heterocycles. The van der Waals surface area contributed by atoms with Crippen molar-refractivity contribution in [1.82, 2.24) is 15.5 Å². The molecule has 0 aromatic carbocycles. The molecule has 2 N–H and O–H groups in total. The van der Waals surface area contributed by atoms with Crippen LogP contribution in [0, 0.1) is 5.41 Å². The lowest BCUT2D eigenvalue weighted by molar-refractivity contribution is 0.0925. The van der Waals surface area contributed by atoms with Gasteiger partial charge in [0, 0.05) is 18.2 Å². The number of pyridine rings is 1. The summed E-state index contributed by atoms with van der Waals surface area (Å²) in [5.74, 6) is 0.192. The second-order valence-electron chi connectivity index (χ2n) is 7.97. The van der Waals surface area contributed by atoms with Gasteiger partial charge in [0.15, 0.2) is 0 Å². The maximum Gasteiger partial charge on any atom is 0.259 e. The molecule has 6 nitrogen and oxygen atoms in total. The summed E-state index contributed by atoms with van der Waals surface area (Å²) < 4.78 is 5.44. The average molecular weight is 331 g/mol. The van der Waals surface area contributed by atoms with Crippen molar-refractivity contribution < 1.29 is 14.4 Å². The van der Waals surface area contributed by atoms with Gasteiger partial charge in [0.2, 0.25) is 0 Å². The number of fused-ring (bicyclic) bond motifs is 1. The standard InChI is InChI=1S/C18H25N3O3/c1-10(22)9-19-16(23)12-7-13(11-5-6-11)20-17-15(12)14(21-24-17)8-18(2,3)4/h7,10-11,22H,5-6,8-9H2,1-4H3,(H,19,23). The van der Waals surface area contributed by atoms with Crippen LogP contribution in [0.4, 0.5) is 0 Å². The summed E-state index contributed by atoms with van der Waals surface area (Å²) in [7, 11) is 0. The number of carbonyl (C=O) groups is 1. The maximum atomic E-state index is 12.7. The highest BCUT2D eigenvalue weighted by atomic mass is 16.5. The Kier molecular flexibility index (Phi) is 4.34. The molecule has 0 saturated heterocycles. The molecule has 1 saturated carbocycles. The van der Waals surface area contributed by atoms with Gasteiger partial charge >= 0.3 is 0 Å². The smallest absolute Gasteiger partial charge is 0.259 e. The first kappa shape index (κ1) is 16.9. The second kappa shape index (κ2) is 6.16. The van der Waals surface area contributed by atoms with Crippen LogP contribution in [0.5, 0.6) is 0 Å². The van der Waals surface area contributed by atoms with E-state index in [1.54, 1.807) is 6.92 Å². The predicted molar refractivity (Wildman–Crippen MR) is 91.0 cm³/mol. The molecule has 1 unspecified atom stereocenters. The molecule has 1 amide bonds. The molecular formula is C18H25N3O3. The monoisotopic (exact) mass is 331 g/mol. The van der Waals surface area contributed by atoms with Crippen molar-refractivity contribution in [1.29, 1.82) is 0 Å². The number of nitrogens with zero attached hydrogens (tertiary/aromatic N) is 2. The maximum absolute atomic E-state index is 12.7. The number of hydrogen-bond donors (Lipinski definition) is 2. The molecular weight excluding hydrogens is 306 g/mol.